The van der Waals surface area contributed by atoms with Crippen molar-refractivity contribution in [2.45, 2.75) is 7.83 Å². The van der Waals surface area contributed by atoms with E-state index in [1.807, 2.05) is 25.0 Å². The molecule has 0 aromatic heterocycles. The monoisotopic (exact) mass is 262 g/mol. The lowest BCUT2D eigenvalue weighted by atomic mass is 11.8. The minimum atomic E-state index is -0.744. The molecule has 12 heavy (non-hydrogen) atoms. The van der Waals surface area contributed by atoms with Crippen LogP contribution in [0.2, 0.25) is 0 Å². The minimum absolute atomic E-state index is 0.217. The summed E-state index contributed by atoms with van der Waals surface area (Å²) in [5, 5.41) is 0. The Morgan fingerprint density at radius 1 is 0.833 bits per heavy atom. The Morgan fingerprint density at radius 3 is 1.25 bits per heavy atom. The topological polar surface area (TPSA) is 23.1 Å². The summed E-state index contributed by atoms with van der Waals surface area (Å²) >= 11 is 5.95. The first kappa shape index (κ1) is 13.7. The zero-order valence-corrected chi connectivity index (χ0v) is 11.7. The third kappa shape index (κ3) is 4.28. The van der Waals surface area contributed by atoms with Crippen molar-refractivity contribution in [3.63, 3.8) is 0 Å². The van der Waals surface area contributed by atoms with Gasteiger partial charge in [0.2, 0.25) is 7.83 Å². The molecule has 74 valence electrons. The Balaban J connectivity index is 4.02. The number of hydrogen-bond donors (Lipinski definition) is 0. The van der Waals surface area contributed by atoms with E-state index in [0.717, 1.165) is 0 Å². The predicted molar refractivity (Wildman–Crippen MR) is 69.8 cm³/mol. The molecular weight excluding hydrogens is 248 g/mol. The van der Waals surface area contributed by atoms with E-state index in [1.54, 1.807) is 47.0 Å². The van der Waals surface area contributed by atoms with Crippen molar-refractivity contribution in [3.05, 3.63) is 0 Å². The quantitative estimate of drug-likeness (QED) is 0.541. The molecule has 0 N–H and O–H groups in total. The molecule has 0 saturated carbocycles. The lowest BCUT2D eigenvalue weighted by Crippen LogP contribution is -2.22. The van der Waals surface area contributed by atoms with Crippen LogP contribution in [-0.2, 0) is 11.2 Å². The summed E-state index contributed by atoms with van der Waals surface area (Å²) in [5.41, 5.74) is 0. The molecule has 0 amide bonds. The summed E-state index contributed by atoms with van der Waals surface area (Å²) in [6, 6.07) is 0. The van der Waals surface area contributed by atoms with Crippen LogP contribution in [0.25, 0.3) is 0 Å². The van der Waals surface area contributed by atoms with Gasteiger partial charge >= 0.3 is 0 Å². The van der Waals surface area contributed by atoms with Crippen molar-refractivity contribution in [3.8, 4) is 0 Å². The van der Waals surface area contributed by atoms with Gasteiger partial charge in [-0.05, 0) is 36.2 Å². The number of hydrogen-bond acceptors (Lipinski definition) is 5. The highest BCUT2D eigenvalue weighted by atomic mass is 32.3. The molecule has 0 aliphatic rings. The highest BCUT2D eigenvalue weighted by Crippen LogP contribution is 2.35. The Bertz CT molecular complexity index is 92.1. The molecule has 0 aromatic carbocycles. The largest absolute Gasteiger partial charge is 0.613 e. The van der Waals surface area contributed by atoms with E-state index in [-0.39, 0.29) is 7.83 Å². The van der Waals surface area contributed by atoms with E-state index in [1.165, 1.54) is 0 Å². The van der Waals surface area contributed by atoms with Crippen LogP contribution in [0.15, 0.2) is 0 Å². The second kappa shape index (κ2) is 8.05. The van der Waals surface area contributed by atoms with E-state index in [0.29, 0.717) is 0 Å². The molecule has 0 aromatic rings. The van der Waals surface area contributed by atoms with Gasteiger partial charge in [0.15, 0.2) is 0 Å². The molecule has 6 heteroatoms. The Morgan fingerprint density at radius 2 is 1.08 bits per heavy atom. The molecule has 0 unspecified atom stereocenters. The van der Waals surface area contributed by atoms with Crippen LogP contribution >= 0.6 is 47.0 Å². The summed E-state index contributed by atoms with van der Waals surface area (Å²) in [6.07, 6.45) is 8.04. The number of thioether (sulfide) groups is 4. The van der Waals surface area contributed by atoms with Gasteiger partial charge in [-0.15, -0.1) is 0 Å². The van der Waals surface area contributed by atoms with Gasteiger partial charge in [-0.2, -0.15) is 0 Å². The van der Waals surface area contributed by atoms with Crippen molar-refractivity contribution < 1.29 is 4.55 Å². The SMILES string of the molecule is CSC(SC)[S+]([O-])C(SC)SC. The molecule has 0 bridgehead atoms. The van der Waals surface area contributed by atoms with E-state index in [4.69, 9.17) is 0 Å². The summed E-state index contributed by atoms with van der Waals surface area (Å²) < 4.78 is 12.2. The fourth-order valence-electron chi connectivity index (χ4n) is 0.663. The molecule has 0 heterocycles. The van der Waals surface area contributed by atoms with Crippen LogP contribution in [0.3, 0.4) is 0 Å². The summed E-state index contributed by atoms with van der Waals surface area (Å²) in [7, 11) is 0. The molecule has 0 aliphatic carbocycles. The van der Waals surface area contributed by atoms with E-state index in [9.17, 15) is 4.55 Å². The number of rotatable bonds is 6. The maximum atomic E-state index is 11.8. The van der Waals surface area contributed by atoms with Crippen molar-refractivity contribution in [2.75, 3.05) is 25.0 Å². The van der Waals surface area contributed by atoms with E-state index < -0.39 is 11.2 Å². The summed E-state index contributed by atoms with van der Waals surface area (Å²) in [6.45, 7) is 0. The maximum Gasteiger partial charge on any atom is 0.208 e. The first-order chi connectivity index (χ1) is 5.71. The van der Waals surface area contributed by atoms with Crippen molar-refractivity contribution in [1.29, 1.82) is 0 Å². The molecule has 0 rings (SSSR count). The van der Waals surface area contributed by atoms with Crippen LogP contribution in [0.5, 0.6) is 0 Å². The first-order valence-electron chi connectivity index (χ1n) is 3.21. The fraction of sp³-hybridized carbons (Fsp3) is 1.00. The zero-order valence-electron chi connectivity index (χ0n) is 7.60. The summed E-state index contributed by atoms with van der Waals surface area (Å²) in [5.74, 6) is 0. The highest BCUT2D eigenvalue weighted by Gasteiger charge is 2.28. The summed E-state index contributed by atoms with van der Waals surface area (Å²) in [4.78, 5) is 0. The van der Waals surface area contributed by atoms with Crippen molar-refractivity contribution in [1.82, 2.24) is 0 Å². The molecule has 0 fully saturated rings. The van der Waals surface area contributed by atoms with Crippen LogP contribution < -0.4 is 0 Å². The lowest BCUT2D eigenvalue weighted by Gasteiger charge is -2.23. The smallest absolute Gasteiger partial charge is 0.208 e. The highest BCUT2D eigenvalue weighted by molar-refractivity contribution is 8.37. The van der Waals surface area contributed by atoms with Gasteiger partial charge in [0.25, 0.3) is 0 Å². The molecule has 1 nitrogen and oxygen atoms in total. The Hall–Kier alpha value is 1.71. The normalized spacial score (nSPS) is 12.0. The van der Waals surface area contributed by atoms with Gasteiger partial charge < -0.3 is 4.55 Å². The molecule has 0 saturated heterocycles. The van der Waals surface area contributed by atoms with Gasteiger partial charge in [-0.1, -0.05) is 47.0 Å². The van der Waals surface area contributed by atoms with E-state index >= 15 is 0 Å². The second-order valence-electron chi connectivity index (χ2n) is 1.85. The van der Waals surface area contributed by atoms with Crippen molar-refractivity contribution >= 4 is 58.2 Å². The average Bonchev–Trinajstić information content (AvgIpc) is 2.09. The molecule has 0 spiro atoms. The van der Waals surface area contributed by atoms with E-state index in [2.05, 4.69) is 0 Å². The van der Waals surface area contributed by atoms with Gasteiger partial charge in [0.1, 0.15) is 0 Å². The van der Waals surface area contributed by atoms with Gasteiger partial charge in [0, 0.05) is 0 Å². The third-order valence-corrected chi connectivity index (χ3v) is 10.3. The van der Waals surface area contributed by atoms with Crippen LogP contribution in [0.4, 0.5) is 0 Å². The Labute approximate surface area is 95.2 Å². The van der Waals surface area contributed by atoms with Crippen LogP contribution in [-0.4, -0.2) is 37.4 Å². The molecular formula is C6H14OS5. The first-order valence-corrected chi connectivity index (χ1v) is 9.64. The van der Waals surface area contributed by atoms with Gasteiger partial charge in [0.05, 0.1) is 0 Å². The molecule has 0 aliphatic heterocycles. The molecule has 0 radical (unpaired) electrons. The second-order valence-corrected chi connectivity index (χ2v) is 9.01. The maximum absolute atomic E-state index is 11.8. The van der Waals surface area contributed by atoms with Crippen LogP contribution in [0.1, 0.15) is 0 Å². The fourth-order valence-corrected chi connectivity index (χ4v) is 7.60. The predicted octanol–water partition coefficient (Wildman–Crippen LogP) is 2.75. The van der Waals surface area contributed by atoms with Gasteiger partial charge in [-0.3, -0.25) is 0 Å². The zero-order chi connectivity index (χ0) is 9.56. The average molecular weight is 263 g/mol. The standard InChI is InChI=1S/C6H14OS5/c1-8-5(9-2)12(7)6(10-3)11-4/h5-6H,1-4H3. The molecule has 0 atom stereocenters. The van der Waals surface area contributed by atoms with Crippen LogP contribution in [0, 0.1) is 0 Å². The lowest BCUT2D eigenvalue weighted by molar-refractivity contribution is 0.601. The Kier molecular flexibility index (Phi) is 9.20. The minimum Gasteiger partial charge on any atom is -0.613 e. The van der Waals surface area contributed by atoms with Gasteiger partial charge in [-0.25, -0.2) is 0 Å². The third-order valence-electron chi connectivity index (χ3n) is 1.15. The van der Waals surface area contributed by atoms with Crippen molar-refractivity contribution in [2.24, 2.45) is 0 Å².